The molecule has 1 amide bonds. The lowest BCUT2D eigenvalue weighted by Crippen LogP contribution is -2.42. The van der Waals surface area contributed by atoms with Crippen molar-refractivity contribution in [3.63, 3.8) is 0 Å². The molecule has 134 valence electrons. The first-order chi connectivity index (χ1) is 11.6. The Balaban J connectivity index is 1.89. The monoisotopic (exact) mass is 334 g/mol. The molecular formula is C19H30N2O3. The van der Waals surface area contributed by atoms with Crippen molar-refractivity contribution >= 4 is 5.91 Å². The summed E-state index contributed by atoms with van der Waals surface area (Å²) in [6.45, 7) is 10.8. The number of amides is 1. The zero-order valence-electron chi connectivity index (χ0n) is 15.1. The molecule has 1 N–H and O–H groups in total. The van der Waals surface area contributed by atoms with E-state index in [0.29, 0.717) is 18.3 Å². The van der Waals surface area contributed by atoms with Crippen LogP contribution in [0.1, 0.15) is 39.2 Å². The summed E-state index contributed by atoms with van der Waals surface area (Å²) in [5, 5.41) is 9.79. The molecule has 5 nitrogen and oxygen atoms in total. The van der Waals surface area contributed by atoms with Crippen molar-refractivity contribution in [2.45, 2.75) is 40.2 Å². The van der Waals surface area contributed by atoms with Gasteiger partial charge in [-0.1, -0.05) is 6.07 Å². The molecule has 1 aliphatic rings. The zero-order valence-corrected chi connectivity index (χ0v) is 15.1. The van der Waals surface area contributed by atoms with Crippen molar-refractivity contribution < 1.29 is 14.6 Å². The van der Waals surface area contributed by atoms with Crippen LogP contribution < -0.4 is 4.74 Å². The van der Waals surface area contributed by atoms with Crippen LogP contribution in [0.3, 0.4) is 0 Å². The fourth-order valence-electron chi connectivity index (χ4n) is 3.32. The van der Waals surface area contributed by atoms with Gasteiger partial charge in [-0.3, -0.25) is 9.69 Å². The molecule has 1 aliphatic heterocycles. The first kappa shape index (κ1) is 18.6. The van der Waals surface area contributed by atoms with Gasteiger partial charge in [-0.25, -0.2) is 0 Å². The van der Waals surface area contributed by atoms with Crippen LogP contribution in [0, 0.1) is 5.92 Å². The number of hydrogen-bond acceptors (Lipinski definition) is 4. The lowest BCUT2D eigenvalue weighted by molar-refractivity contribution is -0.136. The van der Waals surface area contributed by atoms with Crippen LogP contribution in [-0.4, -0.2) is 53.6 Å². The highest BCUT2D eigenvalue weighted by Crippen LogP contribution is 2.28. The Labute approximate surface area is 145 Å². The van der Waals surface area contributed by atoms with Gasteiger partial charge in [-0.15, -0.1) is 0 Å². The maximum atomic E-state index is 12.4. The van der Waals surface area contributed by atoms with E-state index in [2.05, 4.69) is 4.90 Å². The van der Waals surface area contributed by atoms with E-state index in [9.17, 15) is 9.90 Å². The zero-order chi connectivity index (χ0) is 17.5. The normalized spacial score (nSPS) is 16.1. The average molecular weight is 334 g/mol. The van der Waals surface area contributed by atoms with Gasteiger partial charge in [0.05, 0.1) is 6.61 Å². The highest BCUT2D eigenvalue weighted by Gasteiger charge is 2.27. The molecule has 0 atom stereocenters. The number of nitrogens with zero attached hydrogens (tertiary/aromatic N) is 2. The van der Waals surface area contributed by atoms with Crippen LogP contribution in [0.15, 0.2) is 18.2 Å². The van der Waals surface area contributed by atoms with E-state index in [1.165, 1.54) is 0 Å². The number of carbonyl (C=O) groups is 1. The summed E-state index contributed by atoms with van der Waals surface area (Å²) < 4.78 is 5.45. The SMILES string of the molecule is CCOc1cc(CN2CCC(C(=O)N(CC)CC)CC2)ccc1O. The molecule has 1 saturated heterocycles. The predicted molar refractivity (Wildman–Crippen MR) is 95.2 cm³/mol. The van der Waals surface area contributed by atoms with E-state index in [4.69, 9.17) is 4.74 Å². The third kappa shape index (κ3) is 4.63. The van der Waals surface area contributed by atoms with Crippen molar-refractivity contribution in [2.75, 3.05) is 32.8 Å². The maximum Gasteiger partial charge on any atom is 0.225 e. The second-order valence-corrected chi connectivity index (χ2v) is 6.30. The second-order valence-electron chi connectivity index (χ2n) is 6.30. The topological polar surface area (TPSA) is 53.0 Å². The first-order valence-electron chi connectivity index (χ1n) is 9.04. The number of likely N-dealkylation sites (tertiary alicyclic amines) is 1. The van der Waals surface area contributed by atoms with Crippen LogP contribution in [-0.2, 0) is 11.3 Å². The Morgan fingerprint density at radius 3 is 2.50 bits per heavy atom. The van der Waals surface area contributed by atoms with Crippen molar-refractivity contribution in [3.8, 4) is 11.5 Å². The van der Waals surface area contributed by atoms with Gasteiger partial charge in [0.2, 0.25) is 5.91 Å². The third-order valence-electron chi connectivity index (χ3n) is 4.74. The van der Waals surface area contributed by atoms with E-state index in [1.807, 2.05) is 37.8 Å². The molecule has 24 heavy (non-hydrogen) atoms. The summed E-state index contributed by atoms with van der Waals surface area (Å²) >= 11 is 0. The molecular weight excluding hydrogens is 304 g/mol. The van der Waals surface area contributed by atoms with Gasteiger partial charge in [-0.05, 0) is 64.4 Å². The Bertz CT molecular complexity index is 535. The standard InChI is InChI=1S/C19H30N2O3/c1-4-21(5-2)19(23)16-9-11-20(12-10-16)14-15-7-8-17(22)18(13-15)24-6-3/h7-8,13,16,22H,4-6,9-12,14H2,1-3H3. The van der Waals surface area contributed by atoms with Gasteiger partial charge in [-0.2, -0.15) is 0 Å². The quantitative estimate of drug-likeness (QED) is 0.833. The number of phenolic OH excluding ortho intramolecular Hbond substituents is 1. The highest BCUT2D eigenvalue weighted by molar-refractivity contribution is 5.78. The van der Waals surface area contributed by atoms with E-state index in [0.717, 1.165) is 51.1 Å². The third-order valence-corrected chi connectivity index (χ3v) is 4.74. The minimum absolute atomic E-state index is 0.167. The Morgan fingerprint density at radius 1 is 1.25 bits per heavy atom. The smallest absolute Gasteiger partial charge is 0.225 e. The van der Waals surface area contributed by atoms with Crippen LogP contribution in [0.25, 0.3) is 0 Å². The van der Waals surface area contributed by atoms with E-state index >= 15 is 0 Å². The molecule has 0 unspecified atom stereocenters. The molecule has 1 aromatic carbocycles. The molecule has 2 rings (SSSR count). The van der Waals surface area contributed by atoms with Crippen molar-refractivity contribution in [3.05, 3.63) is 23.8 Å². The molecule has 0 radical (unpaired) electrons. The minimum Gasteiger partial charge on any atom is -0.504 e. The van der Waals surface area contributed by atoms with Crippen molar-refractivity contribution in [2.24, 2.45) is 5.92 Å². The number of rotatable bonds is 7. The average Bonchev–Trinajstić information content (AvgIpc) is 2.60. The lowest BCUT2D eigenvalue weighted by Gasteiger charge is -2.33. The van der Waals surface area contributed by atoms with Gasteiger partial charge in [0.1, 0.15) is 0 Å². The van der Waals surface area contributed by atoms with Gasteiger partial charge in [0.15, 0.2) is 11.5 Å². The molecule has 0 aromatic heterocycles. The van der Waals surface area contributed by atoms with Gasteiger partial charge >= 0.3 is 0 Å². The largest absolute Gasteiger partial charge is 0.504 e. The molecule has 5 heteroatoms. The Hall–Kier alpha value is -1.75. The number of benzene rings is 1. The van der Waals surface area contributed by atoms with Crippen LogP contribution in [0.2, 0.25) is 0 Å². The number of aromatic hydroxyl groups is 1. The summed E-state index contributed by atoms with van der Waals surface area (Å²) in [5.74, 6) is 1.20. The number of carbonyl (C=O) groups excluding carboxylic acids is 1. The van der Waals surface area contributed by atoms with Crippen LogP contribution in [0.5, 0.6) is 11.5 Å². The fourth-order valence-corrected chi connectivity index (χ4v) is 3.32. The minimum atomic E-state index is 0.167. The summed E-state index contributed by atoms with van der Waals surface area (Å²) in [7, 11) is 0. The molecule has 0 spiro atoms. The van der Waals surface area contributed by atoms with Gasteiger partial charge < -0.3 is 14.7 Å². The Morgan fingerprint density at radius 2 is 1.92 bits per heavy atom. The first-order valence-corrected chi connectivity index (χ1v) is 9.04. The molecule has 1 fully saturated rings. The van der Waals surface area contributed by atoms with E-state index < -0.39 is 0 Å². The Kier molecular flexibility index (Phi) is 6.91. The van der Waals surface area contributed by atoms with E-state index in [1.54, 1.807) is 6.07 Å². The van der Waals surface area contributed by atoms with Crippen molar-refractivity contribution in [1.82, 2.24) is 9.80 Å². The van der Waals surface area contributed by atoms with Crippen LogP contribution in [0.4, 0.5) is 0 Å². The molecule has 0 aliphatic carbocycles. The maximum absolute atomic E-state index is 12.4. The summed E-state index contributed by atoms with van der Waals surface area (Å²) in [6, 6.07) is 5.54. The molecule has 0 saturated carbocycles. The summed E-state index contributed by atoms with van der Waals surface area (Å²) in [6.07, 6.45) is 1.84. The van der Waals surface area contributed by atoms with Gasteiger partial charge in [0, 0.05) is 25.6 Å². The molecule has 1 heterocycles. The fraction of sp³-hybridized carbons (Fsp3) is 0.632. The molecule has 0 bridgehead atoms. The van der Waals surface area contributed by atoms with Crippen LogP contribution >= 0.6 is 0 Å². The molecule has 1 aromatic rings. The van der Waals surface area contributed by atoms with Crippen molar-refractivity contribution in [1.29, 1.82) is 0 Å². The summed E-state index contributed by atoms with van der Waals surface area (Å²) in [5.41, 5.74) is 1.13. The number of phenols is 1. The predicted octanol–water partition coefficient (Wildman–Crippen LogP) is 2.87. The highest BCUT2D eigenvalue weighted by atomic mass is 16.5. The van der Waals surface area contributed by atoms with Gasteiger partial charge in [0.25, 0.3) is 0 Å². The van der Waals surface area contributed by atoms with E-state index in [-0.39, 0.29) is 11.7 Å². The number of piperidine rings is 1. The number of ether oxygens (including phenoxy) is 1. The second kappa shape index (κ2) is 8.92. The lowest BCUT2D eigenvalue weighted by atomic mass is 9.95. The number of hydrogen-bond donors (Lipinski definition) is 1. The summed E-state index contributed by atoms with van der Waals surface area (Å²) in [4.78, 5) is 16.8.